The molecule has 9 heteroatoms. The molecule has 8 nitrogen and oxygen atoms in total. The minimum Gasteiger partial charge on any atom is -0.497 e. The minimum atomic E-state index is -3.89. The average molecular weight is 437 g/mol. The first kappa shape index (κ1) is 23.5. The van der Waals surface area contributed by atoms with Gasteiger partial charge in [-0.2, -0.15) is 4.72 Å². The van der Waals surface area contributed by atoms with Gasteiger partial charge in [-0.1, -0.05) is 13.8 Å². The summed E-state index contributed by atoms with van der Waals surface area (Å²) in [6.45, 7) is 3.74. The third-order valence-corrected chi connectivity index (χ3v) is 5.94. The van der Waals surface area contributed by atoms with E-state index in [1.54, 1.807) is 58.4 Å². The molecule has 2 aromatic carbocycles. The molecule has 1 amide bonds. The summed E-state index contributed by atoms with van der Waals surface area (Å²) in [6.07, 6.45) is 0. The highest BCUT2D eigenvalue weighted by Gasteiger charge is 2.28. The SMILES string of the molecule is COc1ccc(S(=O)(=O)N[C@H](C(=O)NCc2cc(OC)cc(OC)c2)C(C)C)cc1. The fourth-order valence-electron chi connectivity index (χ4n) is 2.75. The minimum absolute atomic E-state index is 0.0549. The normalized spacial score (nSPS) is 12.3. The second-order valence-corrected chi connectivity index (χ2v) is 8.67. The van der Waals surface area contributed by atoms with Gasteiger partial charge in [0.1, 0.15) is 23.3 Å². The highest BCUT2D eigenvalue weighted by Crippen LogP contribution is 2.22. The zero-order valence-corrected chi connectivity index (χ0v) is 18.6. The number of hydrogen-bond acceptors (Lipinski definition) is 6. The Kier molecular flexibility index (Phi) is 8.08. The fraction of sp³-hybridized carbons (Fsp3) is 0.381. The maximum absolute atomic E-state index is 12.8. The van der Waals surface area contributed by atoms with Gasteiger partial charge in [-0.05, 0) is 47.9 Å². The standard InChI is InChI=1S/C21H28N2O6S/c1-14(2)20(23-30(25,26)19-8-6-16(27-3)7-9-19)21(24)22-13-15-10-17(28-4)12-18(11-15)29-5/h6-12,14,20,23H,13H2,1-5H3,(H,22,24)/t20-/m0/s1. The van der Waals surface area contributed by atoms with E-state index >= 15 is 0 Å². The molecule has 1 atom stereocenters. The van der Waals surface area contributed by atoms with Crippen molar-refractivity contribution in [3.63, 3.8) is 0 Å². The smallest absolute Gasteiger partial charge is 0.241 e. The molecular formula is C21H28N2O6S. The number of benzene rings is 2. The summed E-state index contributed by atoms with van der Waals surface area (Å²) in [4.78, 5) is 12.8. The quantitative estimate of drug-likeness (QED) is 0.593. The molecule has 0 spiro atoms. The van der Waals surface area contributed by atoms with E-state index in [-0.39, 0.29) is 17.4 Å². The van der Waals surface area contributed by atoms with Gasteiger partial charge in [-0.15, -0.1) is 0 Å². The van der Waals surface area contributed by atoms with Crippen molar-refractivity contribution in [2.75, 3.05) is 21.3 Å². The molecule has 0 saturated heterocycles. The Labute approximate surface area is 177 Å². The van der Waals surface area contributed by atoms with Crippen molar-refractivity contribution >= 4 is 15.9 Å². The van der Waals surface area contributed by atoms with Crippen molar-refractivity contribution in [1.82, 2.24) is 10.0 Å². The van der Waals surface area contributed by atoms with Gasteiger partial charge in [0, 0.05) is 12.6 Å². The van der Waals surface area contributed by atoms with E-state index in [1.807, 2.05) is 0 Å². The molecule has 2 aromatic rings. The van der Waals surface area contributed by atoms with Crippen LogP contribution in [0.1, 0.15) is 19.4 Å². The third-order valence-electron chi connectivity index (χ3n) is 4.48. The molecule has 0 saturated carbocycles. The van der Waals surface area contributed by atoms with E-state index in [0.717, 1.165) is 5.56 Å². The van der Waals surface area contributed by atoms with Crippen LogP contribution in [-0.4, -0.2) is 41.7 Å². The van der Waals surface area contributed by atoms with Crippen molar-refractivity contribution < 1.29 is 27.4 Å². The topological polar surface area (TPSA) is 103 Å². The first-order valence-electron chi connectivity index (χ1n) is 9.36. The Morgan fingerprint density at radius 1 is 0.900 bits per heavy atom. The van der Waals surface area contributed by atoms with E-state index < -0.39 is 22.0 Å². The van der Waals surface area contributed by atoms with E-state index in [4.69, 9.17) is 14.2 Å². The van der Waals surface area contributed by atoms with Gasteiger partial charge in [0.2, 0.25) is 15.9 Å². The van der Waals surface area contributed by atoms with Crippen molar-refractivity contribution in [1.29, 1.82) is 0 Å². The number of ether oxygens (including phenoxy) is 3. The maximum Gasteiger partial charge on any atom is 0.241 e. The largest absolute Gasteiger partial charge is 0.497 e. The first-order valence-corrected chi connectivity index (χ1v) is 10.8. The zero-order valence-electron chi connectivity index (χ0n) is 17.8. The van der Waals surface area contributed by atoms with Crippen molar-refractivity contribution in [2.24, 2.45) is 5.92 Å². The van der Waals surface area contributed by atoms with Crippen LogP contribution in [0.5, 0.6) is 17.2 Å². The third kappa shape index (κ3) is 6.11. The zero-order chi connectivity index (χ0) is 22.3. The number of carbonyl (C=O) groups excluding carboxylic acids is 1. The monoisotopic (exact) mass is 436 g/mol. The summed E-state index contributed by atoms with van der Waals surface area (Å²) in [6, 6.07) is 10.3. The summed E-state index contributed by atoms with van der Waals surface area (Å²) in [5.41, 5.74) is 0.764. The van der Waals surface area contributed by atoms with Crippen LogP contribution in [0.3, 0.4) is 0 Å². The van der Waals surface area contributed by atoms with Gasteiger partial charge in [0.15, 0.2) is 0 Å². The molecule has 0 heterocycles. The second kappa shape index (κ2) is 10.3. The summed E-state index contributed by atoms with van der Waals surface area (Å²) in [7, 11) is 0.697. The fourth-order valence-corrected chi connectivity index (χ4v) is 4.09. The van der Waals surface area contributed by atoms with Crippen LogP contribution >= 0.6 is 0 Å². The predicted molar refractivity (Wildman–Crippen MR) is 113 cm³/mol. The van der Waals surface area contributed by atoms with Crippen molar-refractivity contribution in [2.45, 2.75) is 31.3 Å². The number of carbonyl (C=O) groups is 1. The Bertz CT molecular complexity index is 936. The number of methoxy groups -OCH3 is 3. The molecule has 2 N–H and O–H groups in total. The van der Waals surface area contributed by atoms with E-state index in [1.165, 1.54) is 19.2 Å². The Balaban J connectivity index is 2.12. The van der Waals surface area contributed by atoms with Gasteiger partial charge < -0.3 is 19.5 Å². The number of rotatable bonds is 10. The summed E-state index contributed by atoms with van der Waals surface area (Å²) in [5.74, 6) is 1.04. The lowest BCUT2D eigenvalue weighted by atomic mass is 10.0. The lowest BCUT2D eigenvalue weighted by Crippen LogP contribution is -2.49. The Hall–Kier alpha value is -2.78. The van der Waals surface area contributed by atoms with Gasteiger partial charge in [-0.3, -0.25) is 4.79 Å². The highest BCUT2D eigenvalue weighted by atomic mass is 32.2. The van der Waals surface area contributed by atoms with E-state index in [0.29, 0.717) is 17.2 Å². The Morgan fingerprint density at radius 2 is 1.43 bits per heavy atom. The Morgan fingerprint density at radius 3 is 1.90 bits per heavy atom. The van der Waals surface area contributed by atoms with Crippen molar-refractivity contribution in [3.8, 4) is 17.2 Å². The lowest BCUT2D eigenvalue weighted by Gasteiger charge is -2.22. The average Bonchev–Trinajstić information content (AvgIpc) is 2.75. The molecule has 0 aromatic heterocycles. The number of nitrogens with one attached hydrogen (secondary N) is 2. The maximum atomic E-state index is 12.8. The summed E-state index contributed by atoms with van der Waals surface area (Å²) < 4.78 is 43.5. The van der Waals surface area contributed by atoms with Crippen LogP contribution in [-0.2, 0) is 21.4 Å². The van der Waals surface area contributed by atoms with Gasteiger partial charge in [0.05, 0.1) is 26.2 Å². The van der Waals surface area contributed by atoms with Gasteiger partial charge in [-0.25, -0.2) is 8.42 Å². The molecule has 164 valence electrons. The highest BCUT2D eigenvalue weighted by molar-refractivity contribution is 7.89. The number of sulfonamides is 1. The second-order valence-electron chi connectivity index (χ2n) is 6.96. The summed E-state index contributed by atoms with van der Waals surface area (Å²) >= 11 is 0. The van der Waals surface area contributed by atoms with Crippen molar-refractivity contribution in [3.05, 3.63) is 48.0 Å². The number of amides is 1. The van der Waals surface area contributed by atoms with E-state index in [2.05, 4.69) is 10.0 Å². The van der Waals surface area contributed by atoms with Crippen LogP contribution in [0.15, 0.2) is 47.4 Å². The molecular weight excluding hydrogens is 408 g/mol. The van der Waals surface area contributed by atoms with Crippen LogP contribution in [0.2, 0.25) is 0 Å². The molecule has 0 radical (unpaired) electrons. The van der Waals surface area contributed by atoms with Gasteiger partial charge >= 0.3 is 0 Å². The van der Waals surface area contributed by atoms with Crippen LogP contribution in [0.25, 0.3) is 0 Å². The molecule has 2 rings (SSSR count). The molecule has 0 aliphatic carbocycles. The summed E-state index contributed by atoms with van der Waals surface area (Å²) in [5, 5.41) is 2.78. The molecule has 0 unspecified atom stereocenters. The first-order chi connectivity index (χ1) is 14.2. The van der Waals surface area contributed by atoms with Crippen LogP contribution < -0.4 is 24.2 Å². The van der Waals surface area contributed by atoms with E-state index in [9.17, 15) is 13.2 Å². The lowest BCUT2D eigenvalue weighted by molar-refractivity contribution is -0.123. The predicted octanol–water partition coefficient (Wildman–Crippen LogP) is 2.33. The van der Waals surface area contributed by atoms with Crippen LogP contribution in [0, 0.1) is 5.92 Å². The van der Waals surface area contributed by atoms with Crippen LogP contribution in [0.4, 0.5) is 0 Å². The molecule has 0 fully saturated rings. The number of hydrogen-bond donors (Lipinski definition) is 2. The molecule has 30 heavy (non-hydrogen) atoms. The van der Waals surface area contributed by atoms with Gasteiger partial charge in [0.25, 0.3) is 0 Å². The molecule has 0 bridgehead atoms. The molecule has 0 aliphatic rings. The molecule has 0 aliphatic heterocycles.